The predicted octanol–water partition coefficient (Wildman–Crippen LogP) is 3.36. The number of nitro benzene ring substituents is 1. The number of esters is 1. The molecule has 2 rings (SSSR count). The van der Waals surface area contributed by atoms with Gasteiger partial charge < -0.3 is 14.2 Å². The Balaban J connectivity index is 1.63. The summed E-state index contributed by atoms with van der Waals surface area (Å²) in [4.78, 5) is 21.6. The number of nitro groups is 1. The minimum atomic E-state index is -0.509. The number of halogens is 1. The largest absolute Gasteiger partial charge is 0.490 e. The first-order valence-corrected chi connectivity index (χ1v) is 7.75. The van der Waals surface area contributed by atoms with Gasteiger partial charge in [-0.05, 0) is 36.4 Å². The zero-order valence-corrected chi connectivity index (χ0v) is 14.1. The van der Waals surface area contributed by atoms with E-state index in [9.17, 15) is 14.9 Å². The summed E-state index contributed by atoms with van der Waals surface area (Å²) in [6, 6.07) is 12.7. The zero-order chi connectivity index (χ0) is 17.4. The van der Waals surface area contributed by atoms with Crippen LogP contribution in [-0.4, -0.2) is 30.7 Å². The number of hydrogen-bond donors (Lipinski definition) is 0. The van der Waals surface area contributed by atoms with Crippen molar-refractivity contribution in [1.82, 2.24) is 0 Å². The maximum atomic E-state index is 11.5. The van der Waals surface area contributed by atoms with Crippen molar-refractivity contribution in [3.63, 3.8) is 0 Å². The van der Waals surface area contributed by atoms with Crippen LogP contribution in [0.15, 0.2) is 53.0 Å². The van der Waals surface area contributed by atoms with Gasteiger partial charge >= 0.3 is 5.97 Å². The highest BCUT2D eigenvalue weighted by Gasteiger charge is 2.06. The van der Waals surface area contributed by atoms with Gasteiger partial charge in [-0.25, -0.2) is 4.79 Å². The zero-order valence-electron chi connectivity index (χ0n) is 12.5. The average Bonchev–Trinajstić information content (AvgIpc) is 2.58. The van der Waals surface area contributed by atoms with Crippen molar-refractivity contribution < 1.29 is 23.9 Å². The van der Waals surface area contributed by atoms with Gasteiger partial charge in [0.05, 0.1) is 4.92 Å². The summed E-state index contributed by atoms with van der Waals surface area (Å²) in [7, 11) is 0. The van der Waals surface area contributed by atoms with E-state index in [0.717, 1.165) is 4.47 Å². The summed E-state index contributed by atoms with van der Waals surface area (Å²) in [6.07, 6.45) is 0. The molecule has 24 heavy (non-hydrogen) atoms. The normalized spacial score (nSPS) is 10.0. The molecule has 0 bridgehead atoms. The highest BCUT2D eigenvalue weighted by molar-refractivity contribution is 9.10. The highest BCUT2D eigenvalue weighted by Crippen LogP contribution is 2.17. The molecule has 7 nitrogen and oxygen atoms in total. The van der Waals surface area contributed by atoms with Crippen LogP contribution in [0.1, 0.15) is 0 Å². The molecule has 8 heteroatoms. The summed E-state index contributed by atoms with van der Waals surface area (Å²) in [5, 5.41) is 10.5. The molecule has 0 aliphatic carbocycles. The summed E-state index contributed by atoms with van der Waals surface area (Å²) in [5.41, 5.74) is -0.0149. The molecule has 0 aromatic heterocycles. The average molecular weight is 396 g/mol. The van der Waals surface area contributed by atoms with Crippen molar-refractivity contribution in [3.05, 3.63) is 63.1 Å². The number of carbonyl (C=O) groups is 1. The fourth-order valence-corrected chi connectivity index (χ4v) is 1.96. The van der Waals surface area contributed by atoms with E-state index < -0.39 is 10.9 Å². The van der Waals surface area contributed by atoms with Crippen LogP contribution in [0.2, 0.25) is 0 Å². The van der Waals surface area contributed by atoms with Crippen molar-refractivity contribution in [2.45, 2.75) is 0 Å². The SMILES string of the molecule is O=C(COc1ccc(Br)cc1)OCCOc1ccc([N+](=O)[O-])cc1. The van der Waals surface area contributed by atoms with E-state index in [4.69, 9.17) is 14.2 Å². The lowest BCUT2D eigenvalue weighted by Gasteiger charge is -2.08. The molecule has 2 aromatic carbocycles. The maximum Gasteiger partial charge on any atom is 0.344 e. The Bertz CT molecular complexity index is 687. The lowest BCUT2D eigenvalue weighted by molar-refractivity contribution is -0.384. The Morgan fingerprint density at radius 3 is 2.17 bits per heavy atom. The van der Waals surface area contributed by atoms with Crippen LogP contribution >= 0.6 is 15.9 Å². The van der Waals surface area contributed by atoms with E-state index in [-0.39, 0.29) is 25.5 Å². The van der Waals surface area contributed by atoms with Crippen molar-refractivity contribution in [1.29, 1.82) is 0 Å². The Morgan fingerprint density at radius 2 is 1.54 bits per heavy atom. The van der Waals surface area contributed by atoms with E-state index in [1.165, 1.54) is 24.3 Å². The van der Waals surface area contributed by atoms with Crippen LogP contribution in [0.5, 0.6) is 11.5 Å². The van der Waals surface area contributed by atoms with Crippen molar-refractivity contribution >= 4 is 27.6 Å². The summed E-state index contributed by atoms with van der Waals surface area (Å²) in [5.74, 6) is 0.519. The summed E-state index contributed by atoms with van der Waals surface area (Å²) in [6.45, 7) is 0.000513. The molecule has 0 radical (unpaired) electrons. The molecule has 2 aromatic rings. The number of ether oxygens (including phenoxy) is 3. The topological polar surface area (TPSA) is 87.9 Å². The molecule has 0 saturated carbocycles. The summed E-state index contributed by atoms with van der Waals surface area (Å²) >= 11 is 3.30. The molecule has 0 unspecified atom stereocenters. The Hall–Kier alpha value is -2.61. The van der Waals surface area contributed by atoms with E-state index in [0.29, 0.717) is 11.5 Å². The molecule has 0 aliphatic heterocycles. The molecule has 0 aliphatic rings. The van der Waals surface area contributed by atoms with Gasteiger partial charge in [0, 0.05) is 16.6 Å². The van der Waals surface area contributed by atoms with Gasteiger partial charge in [0.2, 0.25) is 0 Å². The van der Waals surface area contributed by atoms with Crippen LogP contribution in [-0.2, 0) is 9.53 Å². The molecular weight excluding hydrogens is 382 g/mol. The molecule has 0 heterocycles. The van der Waals surface area contributed by atoms with Crippen molar-refractivity contribution in [2.75, 3.05) is 19.8 Å². The number of benzene rings is 2. The van der Waals surface area contributed by atoms with E-state index >= 15 is 0 Å². The van der Waals surface area contributed by atoms with Crippen LogP contribution in [0.25, 0.3) is 0 Å². The first kappa shape index (κ1) is 17.7. The monoisotopic (exact) mass is 395 g/mol. The number of hydrogen-bond acceptors (Lipinski definition) is 6. The fourth-order valence-electron chi connectivity index (χ4n) is 1.69. The van der Waals surface area contributed by atoms with Crippen LogP contribution in [0.4, 0.5) is 5.69 Å². The van der Waals surface area contributed by atoms with E-state index in [2.05, 4.69) is 15.9 Å². The maximum absolute atomic E-state index is 11.5. The number of rotatable bonds is 8. The molecule has 0 fully saturated rings. The highest BCUT2D eigenvalue weighted by atomic mass is 79.9. The minimum absolute atomic E-state index is 0.0149. The molecule has 0 saturated heterocycles. The van der Waals surface area contributed by atoms with Gasteiger partial charge in [0.1, 0.15) is 24.7 Å². The Kier molecular flexibility index (Phi) is 6.56. The number of nitrogens with zero attached hydrogens (tertiary/aromatic N) is 1. The van der Waals surface area contributed by atoms with Gasteiger partial charge in [0.15, 0.2) is 6.61 Å². The molecular formula is C16H14BrNO6. The smallest absolute Gasteiger partial charge is 0.344 e. The van der Waals surface area contributed by atoms with Gasteiger partial charge in [-0.1, -0.05) is 15.9 Å². The third-order valence-corrected chi connectivity index (χ3v) is 3.36. The standard InChI is InChI=1S/C16H14BrNO6/c17-12-1-5-15(6-2-12)24-11-16(19)23-10-9-22-14-7-3-13(4-8-14)18(20)21/h1-8H,9-11H2. The van der Waals surface area contributed by atoms with Crippen LogP contribution in [0.3, 0.4) is 0 Å². The lowest BCUT2D eigenvalue weighted by atomic mass is 10.3. The Labute approximate surface area is 146 Å². The predicted molar refractivity (Wildman–Crippen MR) is 89.2 cm³/mol. The second kappa shape index (κ2) is 8.88. The minimum Gasteiger partial charge on any atom is -0.490 e. The molecule has 0 spiro atoms. The quantitative estimate of drug-likeness (QED) is 0.294. The second-order valence-corrected chi connectivity index (χ2v) is 5.48. The van der Waals surface area contributed by atoms with E-state index in [1.54, 1.807) is 24.3 Å². The van der Waals surface area contributed by atoms with Crippen LogP contribution in [0, 0.1) is 10.1 Å². The first-order chi connectivity index (χ1) is 11.5. The first-order valence-electron chi connectivity index (χ1n) is 6.96. The summed E-state index contributed by atoms with van der Waals surface area (Å²) < 4.78 is 16.5. The van der Waals surface area contributed by atoms with E-state index in [1.807, 2.05) is 0 Å². The molecule has 0 atom stereocenters. The lowest BCUT2D eigenvalue weighted by Crippen LogP contribution is -2.18. The Morgan fingerprint density at radius 1 is 0.958 bits per heavy atom. The van der Waals surface area contributed by atoms with Gasteiger partial charge in [0.25, 0.3) is 5.69 Å². The third kappa shape index (κ3) is 5.88. The number of non-ortho nitro benzene ring substituents is 1. The third-order valence-electron chi connectivity index (χ3n) is 2.83. The van der Waals surface area contributed by atoms with Gasteiger partial charge in [-0.3, -0.25) is 10.1 Å². The molecule has 0 N–H and O–H groups in total. The van der Waals surface area contributed by atoms with Crippen molar-refractivity contribution in [3.8, 4) is 11.5 Å². The molecule has 0 amide bonds. The van der Waals surface area contributed by atoms with Gasteiger partial charge in [-0.2, -0.15) is 0 Å². The van der Waals surface area contributed by atoms with Gasteiger partial charge in [-0.15, -0.1) is 0 Å². The van der Waals surface area contributed by atoms with Crippen molar-refractivity contribution in [2.24, 2.45) is 0 Å². The fraction of sp³-hybridized carbons (Fsp3) is 0.188. The van der Waals surface area contributed by atoms with Crippen LogP contribution < -0.4 is 9.47 Å². The molecule has 126 valence electrons. The number of carbonyl (C=O) groups excluding carboxylic acids is 1. The second-order valence-electron chi connectivity index (χ2n) is 4.56.